The molecule has 3 rings (SSSR count). The molecule has 0 aliphatic carbocycles. The summed E-state index contributed by atoms with van der Waals surface area (Å²) in [7, 11) is 0. The fourth-order valence-electron chi connectivity index (χ4n) is 3.44. The number of hydrogen-bond acceptors (Lipinski definition) is 3. The molecule has 0 aromatic heterocycles. The summed E-state index contributed by atoms with van der Waals surface area (Å²) in [5.74, 6) is 0.108. The van der Waals surface area contributed by atoms with Crippen LogP contribution < -0.4 is 15.5 Å². The maximum atomic E-state index is 12.5. The lowest BCUT2D eigenvalue weighted by atomic mass is 9.93. The van der Waals surface area contributed by atoms with Crippen LogP contribution in [0.3, 0.4) is 0 Å². The van der Waals surface area contributed by atoms with E-state index in [1.807, 2.05) is 12.1 Å². The van der Waals surface area contributed by atoms with Gasteiger partial charge in [0.1, 0.15) is 0 Å². The lowest BCUT2D eigenvalue weighted by molar-refractivity contribution is -0.122. The molecule has 2 aliphatic rings. The summed E-state index contributed by atoms with van der Waals surface area (Å²) in [5.41, 5.74) is 1.78. The van der Waals surface area contributed by atoms with Crippen molar-refractivity contribution in [3.05, 3.63) is 24.3 Å². The third-order valence-electron chi connectivity index (χ3n) is 4.88. The highest BCUT2D eigenvalue weighted by atomic mass is 16.2. The Labute approximate surface area is 126 Å². The first kappa shape index (κ1) is 14.4. The van der Waals surface area contributed by atoms with Crippen LogP contribution >= 0.6 is 0 Å². The van der Waals surface area contributed by atoms with E-state index in [1.54, 1.807) is 0 Å². The number of hydrogen-bond donors (Lipinski definition) is 2. The maximum absolute atomic E-state index is 12.5. The van der Waals surface area contributed by atoms with Gasteiger partial charge in [-0.25, -0.2) is 0 Å². The summed E-state index contributed by atoms with van der Waals surface area (Å²) in [6, 6.07) is 8.26. The summed E-state index contributed by atoms with van der Waals surface area (Å²) in [6.07, 6.45) is 5.41. The number of amides is 1. The average Bonchev–Trinajstić information content (AvgIpc) is 3.20. The Bertz CT molecular complexity index is 485. The fourth-order valence-corrected chi connectivity index (χ4v) is 3.44. The van der Waals surface area contributed by atoms with Crippen LogP contribution in [0.15, 0.2) is 24.3 Å². The van der Waals surface area contributed by atoms with Gasteiger partial charge in [0.05, 0.1) is 5.54 Å². The van der Waals surface area contributed by atoms with E-state index in [4.69, 9.17) is 0 Å². The first-order valence-electron chi connectivity index (χ1n) is 8.15. The summed E-state index contributed by atoms with van der Waals surface area (Å²) >= 11 is 0. The molecule has 0 radical (unpaired) electrons. The second-order valence-corrected chi connectivity index (χ2v) is 6.16. The number of carbonyl (C=O) groups excluding carboxylic acids is 1. The topological polar surface area (TPSA) is 44.4 Å². The van der Waals surface area contributed by atoms with Gasteiger partial charge in [0, 0.05) is 24.5 Å². The number of carbonyl (C=O) groups is 1. The molecule has 114 valence electrons. The van der Waals surface area contributed by atoms with Gasteiger partial charge in [-0.15, -0.1) is 0 Å². The quantitative estimate of drug-likeness (QED) is 0.895. The van der Waals surface area contributed by atoms with Gasteiger partial charge < -0.3 is 15.5 Å². The maximum Gasteiger partial charge on any atom is 0.244 e. The predicted molar refractivity (Wildman–Crippen MR) is 86.8 cm³/mol. The monoisotopic (exact) mass is 287 g/mol. The molecule has 1 aromatic carbocycles. The second kappa shape index (κ2) is 6.06. The number of nitrogens with zero attached hydrogens (tertiary/aromatic N) is 1. The fraction of sp³-hybridized carbons (Fsp3) is 0.588. The van der Waals surface area contributed by atoms with Crippen molar-refractivity contribution in [2.75, 3.05) is 29.9 Å². The van der Waals surface area contributed by atoms with Gasteiger partial charge in [-0.2, -0.15) is 0 Å². The molecule has 0 spiro atoms. The lowest BCUT2D eigenvalue weighted by Gasteiger charge is -2.26. The third kappa shape index (κ3) is 2.91. The lowest BCUT2D eigenvalue weighted by Crippen LogP contribution is -2.50. The zero-order valence-electron chi connectivity index (χ0n) is 12.8. The third-order valence-corrected chi connectivity index (χ3v) is 4.88. The Morgan fingerprint density at radius 3 is 2.52 bits per heavy atom. The van der Waals surface area contributed by atoms with Gasteiger partial charge in [-0.05, 0) is 62.9 Å². The average molecular weight is 287 g/mol. The zero-order valence-corrected chi connectivity index (χ0v) is 12.8. The highest BCUT2D eigenvalue weighted by molar-refractivity contribution is 5.98. The van der Waals surface area contributed by atoms with Crippen LogP contribution in [0, 0.1) is 0 Å². The Morgan fingerprint density at radius 1 is 1.24 bits per heavy atom. The van der Waals surface area contributed by atoms with Crippen LogP contribution in [-0.2, 0) is 4.79 Å². The van der Waals surface area contributed by atoms with Crippen LogP contribution in [0.25, 0.3) is 0 Å². The minimum Gasteiger partial charge on any atom is -0.372 e. The largest absolute Gasteiger partial charge is 0.372 e. The smallest absolute Gasteiger partial charge is 0.244 e. The highest BCUT2D eigenvalue weighted by Crippen LogP contribution is 2.26. The molecule has 2 heterocycles. The first-order valence-corrected chi connectivity index (χ1v) is 8.15. The Balaban J connectivity index is 1.66. The van der Waals surface area contributed by atoms with Crippen LogP contribution in [0.1, 0.15) is 39.0 Å². The molecule has 1 atom stereocenters. The molecule has 1 aromatic rings. The summed E-state index contributed by atoms with van der Waals surface area (Å²) in [6.45, 7) is 5.31. The second-order valence-electron chi connectivity index (χ2n) is 6.16. The molecular formula is C17H25N3O. The minimum absolute atomic E-state index is 0.108. The number of anilines is 2. The van der Waals surface area contributed by atoms with E-state index in [9.17, 15) is 4.79 Å². The Kier molecular flexibility index (Phi) is 4.15. The first-order chi connectivity index (χ1) is 10.2. The molecule has 0 saturated carbocycles. The molecule has 2 aliphatic heterocycles. The Morgan fingerprint density at radius 2 is 1.95 bits per heavy atom. The molecule has 4 nitrogen and oxygen atoms in total. The standard InChI is InChI=1S/C17H25N3O/c1-2-17(10-5-11-18-17)16(21)19-14-6-8-15(9-7-14)20-12-3-4-13-20/h6-9,18H,2-5,10-13H2,1H3,(H,19,21). The van der Waals surface area contributed by atoms with Crippen molar-refractivity contribution >= 4 is 17.3 Å². The van der Waals surface area contributed by atoms with E-state index >= 15 is 0 Å². The molecular weight excluding hydrogens is 262 g/mol. The number of rotatable bonds is 4. The number of benzene rings is 1. The van der Waals surface area contributed by atoms with E-state index in [0.29, 0.717) is 0 Å². The van der Waals surface area contributed by atoms with Crippen LogP contribution in [0.4, 0.5) is 11.4 Å². The predicted octanol–water partition coefficient (Wildman–Crippen LogP) is 2.76. The van der Waals surface area contributed by atoms with E-state index in [0.717, 1.165) is 44.6 Å². The zero-order chi connectivity index (χ0) is 14.7. The van der Waals surface area contributed by atoms with Gasteiger partial charge in [0.2, 0.25) is 5.91 Å². The molecule has 4 heteroatoms. The SMILES string of the molecule is CCC1(C(=O)Nc2ccc(N3CCCC3)cc2)CCCN1. The van der Waals surface area contributed by atoms with Crippen LogP contribution in [0.2, 0.25) is 0 Å². The van der Waals surface area contributed by atoms with Gasteiger partial charge >= 0.3 is 0 Å². The van der Waals surface area contributed by atoms with Crippen molar-refractivity contribution in [3.63, 3.8) is 0 Å². The summed E-state index contributed by atoms with van der Waals surface area (Å²) < 4.78 is 0. The normalized spacial score (nSPS) is 25.3. The number of nitrogens with one attached hydrogen (secondary N) is 2. The van der Waals surface area contributed by atoms with Gasteiger partial charge in [-0.1, -0.05) is 6.92 Å². The molecule has 1 unspecified atom stereocenters. The van der Waals surface area contributed by atoms with Crippen molar-refractivity contribution in [3.8, 4) is 0 Å². The van der Waals surface area contributed by atoms with Crippen molar-refractivity contribution in [1.29, 1.82) is 0 Å². The van der Waals surface area contributed by atoms with E-state index < -0.39 is 0 Å². The van der Waals surface area contributed by atoms with Gasteiger partial charge in [0.15, 0.2) is 0 Å². The molecule has 2 fully saturated rings. The van der Waals surface area contributed by atoms with E-state index in [-0.39, 0.29) is 11.4 Å². The minimum atomic E-state index is -0.367. The van der Waals surface area contributed by atoms with Crippen molar-refractivity contribution < 1.29 is 4.79 Å². The van der Waals surface area contributed by atoms with Crippen molar-refractivity contribution in [2.45, 2.75) is 44.6 Å². The molecule has 21 heavy (non-hydrogen) atoms. The molecule has 2 N–H and O–H groups in total. The Hall–Kier alpha value is -1.55. The van der Waals surface area contributed by atoms with Gasteiger partial charge in [0.25, 0.3) is 0 Å². The van der Waals surface area contributed by atoms with Crippen molar-refractivity contribution in [2.24, 2.45) is 0 Å². The molecule has 1 amide bonds. The molecule has 0 bridgehead atoms. The van der Waals surface area contributed by atoms with Crippen LogP contribution in [0.5, 0.6) is 0 Å². The van der Waals surface area contributed by atoms with Crippen molar-refractivity contribution in [1.82, 2.24) is 5.32 Å². The van der Waals surface area contributed by atoms with E-state index in [2.05, 4.69) is 34.6 Å². The van der Waals surface area contributed by atoms with Crippen LogP contribution in [-0.4, -0.2) is 31.1 Å². The highest BCUT2D eigenvalue weighted by Gasteiger charge is 2.38. The summed E-state index contributed by atoms with van der Waals surface area (Å²) in [5, 5.41) is 6.45. The van der Waals surface area contributed by atoms with E-state index in [1.165, 1.54) is 18.5 Å². The molecule has 2 saturated heterocycles. The summed E-state index contributed by atoms with van der Waals surface area (Å²) in [4.78, 5) is 14.9. The van der Waals surface area contributed by atoms with Gasteiger partial charge in [-0.3, -0.25) is 4.79 Å².